The van der Waals surface area contributed by atoms with Crippen molar-refractivity contribution in [1.82, 2.24) is 0 Å². The number of carbonyl (C=O) groups is 4. The zero-order valence-electron chi connectivity index (χ0n) is 62.0. The molecule has 3 N–H and O–H groups in total. The van der Waals surface area contributed by atoms with Gasteiger partial charge >= 0.3 is 39.5 Å². The molecule has 0 spiro atoms. The van der Waals surface area contributed by atoms with Gasteiger partial charge in [-0.2, -0.15) is 0 Å². The van der Waals surface area contributed by atoms with Crippen LogP contribution in [0.4, 0.5) is 0 Å². The van der Waals surface area contributed by atoms with Gasteiger partial charge in [0.25, 0.3) is 0 Å². The highest BCUT2D eigenvalue weighted by Crippen LogP contribution is 2.45. The largest absolute Gasteiger partial charge is 0.472 e. The summed E-state index contributed by atoms with van der Waals surface area (Å²) in [6.07, 6.45) is 55.3. The molecule has 0 aliphatic rings. The van der Waals surface area contributed by atoms with E-state index in [0.29, 0.717) is 25.7 Å². The first kappa shape index (κ1) is 93.1. The minimum atomic E-state index is -4.96. The second-order valence-corrected chi connectivity index (χ2v) is 31.0. The summed E-state index contributed by atoms with van der Waals surface area (Å²) in [5.74, 6) is -0.495. The fraction of sp³-hybridized carbons (Fsp3) is 0.947. The molecule has 95 heavy (non-hydrogen) atoms. The van der Waals surface area contributed by atoms with Crippen molar-refractivity contribution in [2.45, 2.75) is 413 Å². The topological polar surface area (TPSA) is 237 Å². The summed E-state index contributed by atoms with van der Waals surface area (Å²) in [5.41, 5.74) is 0. The van der Waals surface area contributed by atoms with Crippen molar-refractivity contribution < 1.29 is 80.2 Å². The van der Waals surface area contributed by atoms with Gasteiger partial charge < -0.3 is 33.8 Å². The molecule has 0 aromatic rings. The minimum Gasteiger partial charge on any atom is -0.462 e. The Balaban J connectivity index is 5.23. The predicted octanol–water partition coefficient (Wildman–Crippen LogP) is 22.3. The summed E-state index contributed by atoms with van der Waals surface area (Å²) in [6, 6.07) is 0. The second-order valence-electron chi connectivity index (χ2n) is 28.1. The first-order valence-corrected chi connectivity index (χ1v) is 42.5. The van der Waals surface area contributed by atoms with Crippen LogP contribution in [0.2, 0.25) is 0 Å². The number of phosphoric ester groups is 2. The smallest absolute Gasteiger partial charge is 0.462 e. The van der Waals surface area contributed by atoms with Crippen LogP contribution in [0.5, 0.6) is 0 Å². The van der Waals surface area contributed by atoms with Crippen LogP contribution in [-0.2, 0) is 65.4 Å². The van der Waals surface area contributed by atoms with Crippen molar-refractivity contribution in [3.8, 4) is 0 Å². The molecule has 0 saturated carbocycles. The van der Waals surface area contributed by atoms with Gasteiger partial charge in [0, 0.05) is 25.7 Å². The van der Waals surface area contributed by atoms with Gasteiger partial charge in [0.15, 0.2) is 12.2 Å². The van der Waals surface area contributed by atoms with Crippen LogP contribution in [0.1, 0.15) is 395 Å². The van der Waals surface area contributed by atoms with Gasteiger partial charge in [-0.25, -0.2) is 9.13 Å². The maximum Gasteiger partial charge on any atom is 0.472 e. The first-order chi connectivity index (χ1) is 45.9. The molecule has 0 heterocycles. The SMILES string of the molecule is CCCCCCCCCCCCCCC(=O)O[C@H](COC(=O)CCCCCCCCCCCC)COP(=O)(O)OC[C@H](O)COP(=O)(O)OC[C@@H](COC(=O)CCCCCCCCCCCCC(C)CC)OC(=O)CCCCCCCCCCCCCCCCCCC(C)C. The van der Waals surface area contributed by atoms with E-state index in [1.54, 1.807) is 0 Å². The Kier molecular flexibility index (Phi) is 66.5. The fourth-order valence-electron chi connectivity index (χ4n) is 11.6. The molecule has 0 saturated heterocycles. The molecular formula is C76H148O17P2. The Labute approximate surface area is 581 Å². The zero-order valence-corrected chi connectivity index (χ0v) is 63.8. The average Bonchev–Trinajstić information content (AvgIpc) is 2.37. The zero-order chi connectivity index (χ0) is 70.0. The number of hydrogen-bond donors (Lipinski definition) is 3. The Bertz CT molecular complexity index is 1840. The van der Waals surface area contributed by atoms with Crippen LogP contribution in [0.3, 0.4) is 0 Å². The molecule has 0 aliphatic carbocycles. The van der Waals surface area contributed by atoms with Crippen LogP contribution in [0.15, 0.2) is 0 Å². The summed E-state index contributed by atoms with van der Waals surface area (Å²) < 4.78 is 68.5. The second kappa shape index (κ2) is 67.9. The number of hydrogen-bond acceptors (Lipinski definition) is 15. The molecule has 0 fully saturated rings. The number of rotatable bonds is 75. The summed E-state index contributed by atoms with van der Waals surface area (Å²) >= 11 is 0. The Hall–Kier alpha value is -1.94. The van der Waals surface area contributed by atoms with Crippen LogP contribution in [-0.4, -0.2) is 96.7 Å². The third-order valence-electron chi connectivity index (χ3n) is 18.1. The lowest BCUT2D eigenvalue weighted by atomic mass is 9.99. The van der Waals surface area contributed by atoms with Gasteiger partial charge in [0.1, 0.15) is 19.3 Å². The average molecular weight is 1400 g/mol. The van der Waals surface area contributed by atoms with Gasteiger partial charge in [-0.3, -0.25) is 37.3 Å². The lowest BCUT2D eigenvalue weighted by molar-refractivity contribution is -0.161. The van der Waals surface area contributed by atoms with E-state index in [0.717, 1.165) is 102 Å². The molecule has 3 unspecified atom stereocenters. The number of aliphatic hydroxyl groups excluding tert-OH is 1. The summed E-state index contributed by atoms with van der Waals surface area (Å²) in [7, 11) is -9.91. The Morgan fingerprint density at radius 1 is 0.305 bits per heavy atom. The predicted molar refractivity (Wildman–Crippen MR) is 386 cm³/mol. The lowest BCUT2D eigenvalue weighted by Gasteiger charge is -2.21. The molecule has 0 aliphatic heterocycles. The standard InChI is InChI=1S/C76H148O17P2/c1-7-10-12-14-16-18-20-28-36-42-48-54-60-75(80)92-71(64-86-73(78)58-52-46-40-34-19-17-15-13-11-8-2)66-90-94(82,83)88-62-70(77)63-89-95(84,85)91-67-72(65-87-74(79)59-53-47-41-35-31-30-33-39-45-51-57-69(6)9-3)93-76(81)61-55-49-43-37-29-26-24-22-21-23-25-27-32-38-44-50-56-68(4)5/h68-72,77H,7-67H2,1-6H3,(H,82,83)(H,84,85)/t69?,70-,71+,72+/m0/s1. The monoisotopic (exact) mass is 1400 g/mol. The van der Waals surface area contributed by atoms with E-state index in [4.69, 9.17) is 37.0 Å². The maximum atomic E-state index is 13.1. The number of phosphoric acid groups is 2. The van der Waals surface area contributed by atoms with Crippen molar-refractivity contribution in [1.29, 1.82) is 0 Å². The summed E-state index contributed by atoms with van der Waals surface area (Å²) in [5, 5.41) is 10.6. The minimum absolute atomic E-state index is 0.107. The van der Waals surface area contributed by atoms with Crippen molar-refractivity contribution in [3.63, 3.8) is 0 Å². The number of aliphatic hydroxyl groups is 1. The molecule has 564 valence electrons. The summed E-state index contributed by atoms with van der Waals surface area (Å²) in [4.78, 5) is 72.8. The van der Waals surface area contributed by atoms with Crippen LogP contribution >= 0.6 is 15.6 Å². The Morgan fingerprint density at radius 3 is 0.800 bits per heavy atom. The van der Waals surface area contributed by atoms with Gasteiger partial charge in [0.2, 0.25) is 0 Å². The van der Waals surface area contributed by atoms with E-state index in [9.17, 15) is 43.2 Å². The van der Waals surface area contributed by atoms with Crippen LogP contribution in [0, 0.1) is 11.8 Å². The number of ether oxygens (including phenoxy) is 4. The van der Waals surface area contributed by atoms with E-state index < -0.39 is 97.5 Å². The molecule has 19 heteroatoms. The van der Waals surface area contributed by atoms with Gasteiger partial charge in [-0.15, -0.1) is 0 Å². The van der Waals surface area contributed by atoms with Crippen molar-refractivity contribution >= 4 is 39.5 Å². The highest BCUT2D eigenvalue weighted by molar-refractivity contribution is 7.47. The molecule has 0 amide bonds. The third kappa shape index (κ3) is 69.0. The van der Waals surface area contributed by atoms with Crippen molar-refractivity contribution in [2.24, 2.45) is 11.8 Å². The number of carbonyl (C=O) groups excluding carboxylic acids is 4. The first-order valence-electron chi connectivity index (χ1n) is 39.5. The molecule has 6 atom stereocenters. The van der Waals surface area contributed by atoms with Crippen molar-refractivity contribution in [2.75, 3.05) is 39.6 Å². The lowest BCUT2D eigenvalue weighted by Crippen LogP contribution is -2.30. The highest BCUT2D eigenvalue weighted by atomic mass is 31.2. The molecule has 0 radical (unpaired) electrons. The highest BCUT2D eigenvalue weighted by Gasteiger charge is 2.30. The molecular weight excluding hydrogens is 1250 g/mol. The molecule has 17 nitrogen and oxygen atoms in total. The molecule has 0 aromatic carbocycles. The maximum absolute atomic E-state index is 13.1. The van der Waals surface area contributed by atoms with Gasteiger partial charge in [0.05, 0.1) is 26.4 Å². The van der Waals surface area contributed by atoms with E-state index in [1.807, 2.05) is 0 Å². The normalized spacial score (nSPS) is 14.3. The van der Waals surface area contributed by atoms with E-state index in [1.165, 1.54) is 212 Å². The van der Waals surface area contributed by atoms with E-state index in [-0.39, 0.29) is 25.7 Å². The molecule has 0 aromatic heterocycles. The molecule has 0 rings (SSSR count). The quantitative estimate of drug-likeness (QED) is 0.0222. The Morgan fingerprint density at radius 2 is 0.537 bits per heavy atom. The van der Waals surface area contributed by atoms with Crippen molar-refractivity contribution in [3.05, 3.63) is 0 Å². The number of unbranched alkanes of at least 4 members (excludes halogenated alkanes) is 44. The van der Waals surface area contributed by atoms with Crippen LogP contribution < -0.4 is 0 Å². The van der Waals surface area contributed by atoms with E-state index in [2.05, 4.69) is 41.5 Å². The summed E-state index contributed by atoms with van der Waals surface area (Å²) in [6.45, 7) is 9.65. The fourth-order valence-corrected chi connectivity index (χ4v) is 13.2. The van der Waals surface area contributed by atoms with E-state index >= 15 is 0 Å². The van der Waals surface area contributed by atoms with Gasteiger partial charge in [-0.1, -0.05) is 343 Å². The number of esters is 4. The molecule has 0 bridgehead atoms. The van der Waals surface area contributed by atoms with Crippen LogP contribution in [0.25, 0.3) is 0 Å². The third-order valence-corrected chi connectivity index (χ3v) is 20.0. The van der Waals surface area contributed by atoms with Gasteiger partial charge in [-0.05, 0) is 37.5 Å².